The number of rotatable bonds is 2. The highest BCUT2D eigenvalue weighted by atomic mass is 32.1. The molecule has 0 heterocycles. The maximum atomic E-state index is 4.42. The van der Waals surface area contributed by atoms with Crippen LogP contribution >= 0.6 is 12.2 Å². The SMILES string of the molecule is Cc1ccc(/C=C/N=C=S)cc1. The first-order valence-electron chi connectivity index (χ1n) is 3.63. The van der Waals surface area contributed by atoms with E-state index in [9.17, 15) is 0 Å². The summed E-state index contributed by atoms with van der Waals surface area (Å²) in [5, 5.41) is 2.27. The Balaban J connectivity index is 2.77. The van der Waals surface area contributed by atoms with E-state index in [4.69, 9.17) is 0 Å². The molecule has 0 aliphatic heterocycles. The van der Waals surface area contributed by atoms with E-state index >= 15 is 0 Å². The van der Waals surface area contributed by atoms with Crippen molar-refractivity contribution >= 4 is 23.5 Å². The van der Waals surface area contributed by atoms with Gasteiger partial charge in [-0.3, -0.25) is 0 Å². The molecule has 0 aliphatic rings. The Morgan fingerprint density at radius 2 is 2.00 bits per heavy atom. The molecule has 0 aliphatic carbocycles. The van der Waals surface area contributed by atoms with E-state index < -0.39 is 0 Å². The van der Waals surface area contributed by atoms with Crippen LogP contribution in [0.15, 0.2) is 35.5 Å². The molecular formula is C10H9NS. The third-order valence-electron chi connectivity index (χ3n) is 1.47. The predicted molar refractivity (Wildman–Crippen MR) is 55.2 cm³/mol. The Labute approximate surface area is 77.5 Å². The van der Waals surface area contributed by atoms with Crippen LogP contribution in [0.3, 0.4) is 0 Å². The second kappa shape index (κ2) is 4.60. The molecule has 0 spiro atoms. The molecule has 12 heavy (non-hydrogen) atoms. The Hall–Kier alpha value is -1.24. The number of isothiocyanates is 1. The van der Waals surface area contributed by atoms with E-state index in [1.54, 1.807) is 6.20 Å². The normalized spacial score (nSPS) is 9.75. The van der Waals surface area contributed by atoms with Crippen molar-refractivity contribution in [2.45, 2.75) is 6.92 Å². The summed E-state index contributed by atoms with van der Waals surface area (Å²) in [4.78, 5) is 3.67. The molecule has 60 valence electrons. The maximum Gasteiger partial charge on any atom is 0.0634 e. The monoisotopic (exact) mass is 175 g/mol. The fraction of sp³-hybridized carbons (Fsp3) is 0.100. The summed E-state index contributed by atoms with van der Waals surface area (Å²) < 4.78 is 0. The van der Waals surface area contributed by atoms with Crippen LogP contribution in [0.4, 0.5) is 0 Å². The number of benzene rings is 1. The molecular weight excluding hydrogens is 166 g/mol. The Morgan fingerprint density at radius 3 is 2.58 bits per heavy atom. The first-order valence-corrected chi connectivity index (χ1v) is 4.04. The lowest BCUT2D eigenvalue weighted by Gasteiger charge is -1.92. The van der Waals surface area contributed by atoms with Gasteiger partial charge in [0.1, 0.15) is 0 Å². The van der Waals surface area contributed by atoms with Gasteiger partial charge < -0.3 is 0 Å². The zero-order valence-corrected chi connectivity index (χ0v) is 7.64. The first kappa shape index (κ1) is 8.85. The molecule has 2 heteroatoms. The molecule has 0 atom stereocenters. The average Bonchev–Trinajstić information content (AvgIpc) is 2.09. The highest BCUT2D eigenvalue weighted by Crippen LogP contribution is 2.04. The minimum absolute atomic E-state index is 1.12. The zero-order chi connectivity index (χ0) is 8.81. The van der Waals surface area contributed by atoms with Gasteiger partial charge >= 0.3 is 0 Å². The van der Waals surface area contributed by atoms with E-state index in [2.05, 4.69) is 41.4 Å². The van der Waals surface area contributed by atoms with Crippen molar-refractivity contribution in [2.24, 2.45) is 4.99 Å². The molecule has 0 bridgehead atoms. The van der Waals surface area contributed by atoms with Crippen LogP contribution in [-0.2, 0) is 0 Å². The van der Waals surface area contributed by atoms with Gasteiger partial charge in [-0.05, 0) is 30.8 Å². The molecule has 1 aromatic rings. The van der Waals surface area contributed by atoms with E-state index in [0.29, 0.717) is 0 Å². The van der Waals surface area contributed by atoms with Gasteiger partial charge in [0.2, 0.25) is 0 Å². The van der Waals surface area contributed by atoms with Crippen LogP contribution in [-0.4, -0.2) is 5.16 Å². The number of hydrogen-bond acceptors (Lipinski definition) is 2. The van der Waals surface area contributed by atoms with Crippen LogP contribution < -0.4 is 0 Å². The minimum Gasteiger partial charge on any atom is -0.203 e. The second-order valence-electron chi connectivity index (χ2n) is 2.45. The molecule has 0 saturated carbocycles. The lowest BCUT2D eigenvalue weighted by molar-refractivity contribution is 1.46. The molecule has 0 fully saturated rings. The van der Waals surface area contributed by atoms with Gasteiger partial charge in [0.25, 0.3) is 0 Å². The van der Waals surface area contributed by atoms with Crippen LogP contribution in [0.25, 0.3) is 6.08 Å². The summed E-state index contributed by atoms with van der Waals surface area (Å²) in [5.74, 6) is 0. The lowest BCUT2D eigenvalue weighted by atomic mass is 10.1. The van der Waals surface area contributed by atoms with E-state index in [1.807, 2.05) is 18.2 Å². The van der Waals surface area contributed by atoms with Crippen molar-refractivity contribution < 1.29 is 0 Å². The third-order valence-corrected chi connectivity index (χ3v) is 1.58. The van der Waals surface area contributed by atoms with Crippen molar-refractivity contribution in [1.82, 2.24) is 0 Å². The second-order valence-corrected chi connectivity index (χ2v) is 2.63. The van der Waals surface area contributed by atoms with Gasteiger partial charge in [-0.2, -0.15) is 0 Å². The number of nitrogens with zero attached hydrogens (tertiary/aromatic N) is 1. The average molecular weight is 175 g/mol. The van der Waals surface area contributed by atoms with Gasteiger partial charge in [0.15, 0.2) is 0 Å². The Morgan fingerprint density at radius 1 is 1.33 bits per heavy atom. The first-order chi connectivity index (χ1) is 5.83. The molecule has 1 rings (SSSR count). The topological polar surface area (TPSA) is 12.4 Å². The maximum absolute atomic E-state index is 4.42. The summed E-state index contributed by atoms with van der Waals surface area (Å²) in [7, 11) is 0. The van der Waals surface area contributed by atoms with Crippen molar-refractivity contribution in [3.05, 3.63) is 41.6 Å². The van der Waals surface area contributed by atoms with E-state index in [-0.39, 0.29) is 0 Å². The molecule has 0 amide bonds. The standard InChI is InChI=1S/C10H9NS/c1-9-2-4-10(5-3-9)6-7-11-8-12/h2-7H,1H3/b7-6+. The van der Waals surface area contributed by atoms with Gasteiger partial charge in [-0.15, -0.1) is 0 Å². The van der Waals surface area contributed by atoms with Crippen molar-refractivity contribution in [3.63, 3.8) is 0 Å². The van der Waals surface area contributed by atoms with Gasteiger partial charge in [-0.25, -0.2) is 4.99 Å². The molecule has 1 nitrogen and oxygen atoms in total. The van der Waals surface area contributed by atoms with Crippen LogP contribution in [0, 0.1) is 6.92 Å². The van der Waals surface area contributed by atoms with Crippen LogP contribution in [0.1, 0.15) is 11.1 Å². The molecule has 0 unspecified atom stereocenters. The summed E-state index contributed by atoms with van der Waals surface area (Å²) in [6, 6.07) is 8.18. The third kappa shape index (κ3) is 2.79. The highest BCUT2D eigenvalue weighted by molar-refractivity contribution is 7.78. The number of hydrogen-bond donors (Lipinski definition) is 0. The quantitative estimate of drug-likeness (QED) is 0.497. The smallest absolute Gasteiger partial charge is 0.0634 e. The summed E-state index contributed by atoms with van der Waals surface area (Å²) in [6.45, 7) is 2.06. The van der Waals surface area contributed by atoms with Crippen LogP contribution in [0.5, 0.6) is 0 Å². The zero-order valence-electron chi connectivity index (χ0n) is 6.82. The largest absolute Gasteiger partial charge is 0.203 e. The van der Waals surface area contributed by atoms with Crippen molar-refractivity contribution in [3.8, 4) is 0 Å². The summed E-state index contributed by atoms with van der Waals surface area (Å²) >= 11 is 4.42. The molecule has 0 radical (unpaired) electrons. The van der Waals surface area contributed by atoms with Gasteiger partial charge in [-0.1, -0.05) is 29.8 Å². The minimum atomic E-state index is 1.12. The van der Waals surface area contributed by atoms with Gasteiger partial charge in [0.05, 0.1) is 5.16 Å². The predicted octanol–water partition coefficient (Wildman–Crippen LogP) is 3.07. The number of aliphatic imine (C=N–C) groups is 1. The molecule has 0 saturated heterocycles. The van der Waals surface area contributed by atoms with Crippen LogP contribution in [0.2, 0.25) is 0 Å². The fourth-order valence-electron chi connectivity index (χ4n) is 0.831. The summed E-state index contributed by atoms with van der Waals surface area (Å²) in [5.41, 5.74) is 2.38. The molecule has 0 N–H and O–H groups in total. The van der Waals surface area contributed by atoms with Crippen molar-refractivity contribution in [2.75, 3.05) is 0 Å². The summed E-state index contributed by atoms with van der Waals surface area (Å²) in [6.07, 6.45) is 3.52. The highest BCUT2D eigenvalue weighted by Gasteiger charge is 1.84. The Bertz CT molecular complexity index is 318. The fourth-order valence-corrected chi connectivity index (χ4v) is 0.892. The molecule has 0 aromatic heterocycles. The Kier molecular flexibility index (Phi) is 3.39. The lowest BCUT2D eigenvalue weighted by Crippen LogP contribution is -1.72. The van der Waals surface area contributed by atoms with Crippen molar-refractivity contribution in [1.29, 1.82) is 0 Å². The molecule has 1 aromatic carbocycles. The number of aryl methyl sites for hydroxylation is 1. The number of thiocarbonyl (C=S) groups is 1. The van der Waals surface area contributed by atoms with Gasteiger partial charge in [0, 0.05) is 6.20 Å². The van der Waals surface area contributed by atoms with E-state index in [0.717, 1.165) is 5.56 Å². The van der Waals surface area contributed by atoms with E-state index in [1.165, 1.54) is 5.56 Å².